The van der Waals surface area contributed by atoms with Crippen LogP contribution < -0.4 is 10.5 Å². The molecule has 2 rings (SSSR count). The first-order valence-electron chi connectivity index (χ1n) is 6.66. The van der Waals surface area contributed by atoms with E-state index in [-0.39, 0.29) is 6.04 Å². The number of para-hydroxylation sites is 1. The minimum atomic E-state index is -0.0713. The van der Waals surface area contributed by atoms with Gasteiger partial charge in [-0.05, 0) is 30.8 Å². The van der Waals surface area contributed by atoms with E-state index >= 15 is 0 Å². The average Bonchev–Trinajstić information content (AvgIpc) is 2.48. The average molecular weight is 271 g/mol. The van der Waals surface area contributed by atoms with E-state index in [1.807, 2.05) is 48.8 Å². The number of hydrogen-bond donors (Lipinski definition) is 1. The predicted molar refractivity (Wildman–Crippen MR) is 80.5 cm³/mol. The summed E-state index contributed by atoms with van der Waals surface area (Å²) in [6.07, 6.45) is 3.62. The van der Waals surface area contributed by atoms with Crippen molar-refractivity contribution in [3.05, 3.63) is 59.9 Å². The lowest BCUT2D eigenvalue weighted by atomic mass is 10.1. The highest BCUT2D eigenvalue weighted by Gasteiger charge is 2.13. The molecule has 20 heavy (non-hydrogen) atoms. The predicted octanol–water partition coefficient (Wildman–Crippen LogP) is 2.22. The molecule has 4 heteroatoms. The Morgan fingerprint density at radius 3 is 2.60 bits per heavy atom. The molecular formula is C16H21N3O. The Bertz CT molecular complexity index is 530. The van der Waals surface area contributed by atoms with Crippen molar-refractivity contribution in [1.82, 2.24) is 9.88 Å². The SMILES string of the molecule is COc1ccccc1C(N)CN(C)Cc1ccncc1. The van der Waals surface area contributed by atoms with E-state index < -0.39 is 0 Å². The maximum atomic E-state index is 6.29. The van der Waals surface area contributed by atoms with Crippen LogP contribution in [0.3, 0.4) is 0 Å². The topological polar surface area (TPSA) is 51.4 Å². The van der Waals surface area contributed by atoms with Crippen molar-refractivity contribution < 1.29 is 4.74 Å². The molecule has 0 fully saturated rings. The van der Waals surface area contributed by atoms with Crippen LogP contribution in [0.1, 0.15) is 17.2 Å². The van der Waals surface area contributed by atoms with Crippen LogP contribution in [0.5, 0.6) is 5.75 Å². The largest absolute Gasteiger partial charge is 0.496 e. The van der Waals surface area contributed by atoms with Gasteiger partial charge in [-0.2, -0.15) is 0 Å². The molecule has 1 aromatic carbocycles. The summed E-state index contributed by atoms with van der Waals surface area (Å²) in [7, 11) is 3.74. The van der Waals surface area contributed by atoms with Crippen molar-refractivity contribution in [2.75, 3.05) is 20.7 Å². The van der Waals surface area contributed by atoms with Crippen molar-refractivity contribution in [3.8, 4) is 5.75 Å². The number of rotatable bonds is 6. The van der Waals surface area contributed by atoms with Crippen LogP contribution in [-0.4, -0.2) is 30.6 Å². The fourth-order valence-electron chi connectivity index (χ4n) is 2.27. The molecule has 2 aromatic rings. The molecule has 0 bridgehead atoms. The van der Waals surface area contributed by atoms with E-state index in [1.165, 1.54) is 5.56 Å². The second-order valence-electron chi connectivity index (χ2n) is 4.90. The summed E-state index contributed by atoms with van der Waals surface area (Å²) in [5.41, 5.74) is 8.56. The Labute approximate surface area is 120 Å². The fraction of sp³-hybridized carbons (Fsp3) is 0.312. The first kappa shape index (κ1) is 14.5. The molecule has 0 saturated carbocycles. The number of hydrogen-bond acceptors (Lipinski definition) is 4. The van der Waals surface area contributed by atoms with Gasteiger partial charge in [0.05, 0.1) is 7.11 Å². The summed E-state index contributed by atoms with van der Waals surface area (Å²) in [4.78, 5) is 6.22. The monoisotopic (exact) mass is 271 g/mol. The van der Waals surface area contributed by atoms with Gasteiger partial charge in [0, 0.05) is 37.1 Å². The number of benzene rings is 1. The molecule has 1 unspecified atom stereocenters. The van der Waals surface area contributed by atoms with E-state index in [0.717, 1.165) is 24.4 Å². The van der Waals surface area contributed by atoms with Crippen LogP contribution in [0.4, 0.5) is 0 Å². The van der Waals surface area contributed by atoms with Gasteiger partial charge in [0.1, 0.15) is 5.75 Å². The Kier molecular flexibility index (Phi) is 5.09. The first-order valence-corrected chi connectivity index (χ1v) is 6.66. The number of nitrogens with zero attached hydrogens (tertiary/aromatic N) is 2. The molecule has 0 aliphatic carbocycles. The van der Waals surface area contributed by atoms with Crippen LogP contribution in [-0.2, 0) is 6.54 Å². The van der Waals surface area contributed by atoms with Gasteiger partial charge in [0.15, 0.2) is 0 Å². The number of methoxy groups -OCH3 is 1. The summed E-state index contributed by atoms with van der Waals surface area (Å²) in [6, 6.07) is 11.9. The molecule has 0 spiro atoms. The molecule has 4 nitrogen and oxygen atoms in total. The molecule has 1 heterocycles. The van der Waals surface area contributed by atoms with Crippen molar-refractivity contribution >= 4 is 0 Å². The van der Waals surface area contributed by atoms with E-state index in [1.54, 1.807) is 7.11 Å². The highest BCUT2D eigenvalue weighted by Crippen LogP contribution is 2.23. The van der Waals surface area contributed by atoms with E-state index in [9.17, 15) is 0 Å². The molecule has 1 aromatic heterocycles. The third kappa shape index (κ3) is 3.79. The van der Waals surface area contributed by atoms with E-state index in [4.69, 9.17) is 10.5 Å². The molecule has 0 aliphatic heterocycles. The van der Waals surface area contributed by atoms with Crippen molar-refractivity contribution in [2.45, 2.75) is 12.6 Å². The van der Waals surface area contributed by atoms with Gasteiger partial charge in [0.2, 0.25) is 0 Å². The van der Waals surface area contributed by atoms with Gasteiger partial charge >= 0.3 is 0 Å². The summed E-state index contributed by atoms with van der Waals surface area (Å²) < 4.78 is 5.36. The van der Waals surface area contributed by atoms with E-state index in [2.05, 4.69) is 16.9 Å². The van der Waals surface area contributed by atoms with Gasteiger partial charge in [-0.3, -0.25) is 4.98 Å². The maximum absolute atomic E-state index is 6.29. The molecular weight excluding hydrogens is 250 g/mol. The quantitative estimate of drug-likeness (QED) is 0.875. The van der Waals surface area contributed by atoms with Crippen LogP contribution in [0.15, 0.2) is 48.8 Å². The standard InChI is InChI=1S/C16H21N3O/c1-19(11-13-7-9-18-10-8-13)12-15(17)14-5-3-4-6-16(14)20-2/h3-10,15H,11-12,17H2,1-2H3. The lowest BCUT2D eigenvalue weighted by Gasteiger charge is -2.22. The van der Waals surface area contributed by atoms with Crippen LogP contribution in [0, 0.1) is 0 Å². The lowest BCUT2D eigenvalue weighted by Crippen LogP contribution is -2.29. The lowest BCUT2D eigenvalue weighted by molar-refractivity contribution is 0.301. The van der Waals surface area contributed by atoms with Gasteiger partial charge in [-0.1, -0.05) is 18.2 Å². The molecule has 0 radical (unpaired) electrons. The number of ether oxygens (including phenoxy) is 1. The van der Waals surface area contributed by atoms with Crippen molar-refractivity contribution in [3.63, 3.8) is 0 Å². The zero-order valence-electron chi connectivity index (χ0n) is 12.0. The summed E-state index contributed by atoms with van der Waals surface area (Å²) in [5.74, 6) is 0.845. The molecule has 1 atom stereocenters. The van der Waals surface area contributed by atoms with Gasteiger partial charge in [-0.25, -0.2) is 0 Å². The van der Waals surface area contributed by atoms with Crippen molar-refractivity contribution in [2.24, 2.45) is 5.73 Å². The Morgan fingerprint density at radius 1 is 1.20 bits per heavy atom. The van der Waals surface area contributed by atoms with Crippen LogP contribution in [0.25, 0.3) is 0 Å². The number of nitrogens with two attached hydrogens (primary N) is 1. The summed E-state index contributed by atoms with van der Waals surface area (Å²) in [5, 5.41) is 0. The second kappa shape index (κ2) is 7.03. The minimum Gasteiger partial charge on any atom is -0.496 e. The zero-order chi connectivity index (χ0) is 14.4. The Hall–Kier alpha value is -1.91. The van der Waals surface area contributed by atoms with Crippen LogP contribution in [0.2, 0.25) is 0 Å². The second-order valence-corrected chi connectivity index (χ2v) is 4.90. The third-order valence-corrected chi connectivity index (χ3v) is 3.25. The van der Waals surface area contributed by atoms with E-state index in [0.29, 0.717) is 0 Å². The first-order chi connectivity index (χ1) is 9.70. The highest BCUT2D eigenvalue weighted by molar-refractivity contribution is 5.35. The Balaban J connectivity index is 1.98. The van der Waals surface area contributed by atoms with Gasteiger partial charge < -0.3 is 15.4 Å². The maximum Gasteiger partial charge on any atom is 0.123 e. The fourth-order valence-corrected chi connectivity index (χ4v) is 2.27. The zero-order valence-corrected chi connectivity index (χ0v) is 12.0. The van der Waals surface area contributed by atoms with Gasteiger partial charge in [-0.15, -0.1) is 0 Å². The molecule has 0 amide bonds. The normalized spacial score (nSPS) is 12.4. The number of pyridine rings is 1. The van der Waals surface area contributed by atoms with Gasteiger partial charge in [0.25, 0.3) is 0 Å². The Morgan fingerprint density at radius 2 is 1.90 bits per heavy atom. The van der Waals surface area contributed by atoms with Crippen molar-refractivity contribution in [1.29, 1.82) is 0 Å². The smallest absolute Gasteiger partial charge is 0.123 e. The van der Waals surface area contributed by atoms with Crippen LogP contribution >= 0.6 is 0 Å². The number of likely N-dealkylation sites (N-methyl/N-ethyl adjacent to an activating group) is 1. The summed E-state index contributed by atoms with van der Waals surface area (Å²) in [6.45, 7) is 1.62. The molecule has 106 valence electrons. The molecule has 2 N–H and O–H groups in total. The summed E-state index contributed by atoms with van der Waals surface area (Å²) >= 11 is 0. The minimum absolute atomic E-state index is 0.0713. The highest BCUT2D eigenvalue weighted by atomic mass is 16.5. The third-order valence-electron chi connectivity index (χ3n) is 3.25. The number of aromatic nitrogens is 1. The molecule has 0 aliphatic rings. The molecule has 0 saturated heterocycles.